The van der Waals surface area contributed by atoms with Crippen LogP contribution in [0.15, 0.2) is 84.9 Å². The molecule has 0 atom stereocenters. The predicted molar refractivity (Wildman–Crippen MR) is 219 cm³/mol. The second-order valence-electron chi connectivity index (χ2n) is 13.8. The molecule has 0 unspecified atom stereocenters. The Labute approximate surface area is 308 Å². The lowest BCUT2D eigenvalue weighted by Gasteiger charge is -2.33. The molecule has 0 fully saturated rings. The van der Waals surface area contributed by atoms with Crippen LogP contribution in [0.4, 0.5) is 34.1 Å². The third-order valence-corrected chi connectivity index (χ3v) is 12.5. The summed E-state index contributed by atoms with van der Waals surface area (Å²) in [6.45, 7) is 27.4. The second-order valence-corrected chi connectivity index (χ2v) is 16.4. The fourth-order valence-corrected chi connectivity index (χ4v) is 10.3. The van der Waals surface area contributed by atoms with Gasteiger partial charge in [0, 0.05) is 42.1 Å². The molecule has 51 heavy (non-hydrogen) atoms. The van der Waals surface area contributed by atoms with Gasteiger partial charge in [-0.25, -0.2) is 0 Å². The molecule has 0 saturated carbocycles. The Kier molecular flexibility index (Phi) is 11.9. The molecule has 0 aromatic heterocycles. The van der Waals surface area contributed by atoms with Gasteiger partial charge in [-0.2, -0.15) is 0 Å². The van der Waals surface area contributed by atoms with Crippen LogP contribution < -0.4 is 15.0 Å². The van der Waals surface area contributed by atoms with Gasteiger partial charge in [0.1, 0.15) is 0 Å². The summed E-state index contributed by atoms with van der Waals surface area (Å²) in [5.41, 5.74) is 18.2. The molecule has 5 aromatic rings. The van der Waals surface area contributed by atoms with E-state index in [2.05, 4.69) is 157 Å². The molecule has 0 radical (unpaired) electrons. The first-order valence-corrected chi connectivity index (χ1v) is 20.0. The number of hydrogen-bond donors (Lipinski definition) is 0. The summed E-state index contributed by atoms with van der Waals surface area (Å²) in [6, 6.07) is 31.3. The van der Waals surface area contributed by atoms with Crippen molar-refractivity contribution in [2.24, 2.45) is 0 Å². The monoisotopic (exact) mass is 700 g/mol. The highest BCUT2D eigenvalue weighted by Crippen LogP contribution is 2.45. The standard InChI is InChI=1S/C45H56N2O3Si/c1-13-48-51(49-14-2,50-15-3)42-22-20-40(21-23-42)46(43-33(7)24-30(4)25-34(43)8)39-16-18-41(19-17-39)47(44-35(9)26-31(5)27-36(44)10)45-37(11)28-32(6)29-38(45)12/h16-29H,13-15H2,1-12H3. The molecule has 5 nitrogen and oxygen atoms in total. The molecule has 268 valence electrons. The van der Waals surface area contributed by atoms with Gasteiger partial charge >= 0.3 is 8.80 Å². The van der Waals surface area contributed by atoms with Crippen molar-refractivity contribution >= 4 is 48.1 Å². The maximum atomic E-state index is 6.25. The maximum Gasteiger partial charge on any atom is 0.537 e. The lowest BCUT2D eigenvalue weighted by molar-refractivity contribution is 0.0859. The Morgan fingerprint density at radius 3 is 0.941 bits per heavy atom. The predicted octanol–water partition coefficient (Wildman–Crippen LogP) is 11.7. The van der Waals surface area contributed by atoms with E-state index in [4.69, 9.17) is 13.3 Å². The van der Waals surface area contributed by atoms with E-state index in [-0.39, 0.29) is 0 Å². The first-order chi connectivity index (χ1) is 24.3. The summed E-state index contributed by atoms with van der Waals surface area (Å²) >= 11 is 0. The van der Waals surface area contributed by atoms with E-state index in [1.807, 2.05) is 20.8 Å². The third kappa shape index (κ3) is 7.85. The topological polar surface area (TPSA) is 34.2 Å². The Morgan fingerprint density at radius 2 is 0.647 bits per heavy atom. The lowest BCUT2D eigenvalue weighted by atomic mass is 9.98. The first-order valence-electron chi connectivity index (χ1n) is 18.3. The zero-order chi connectivity index (χ0) is 37.0. The molecular weight excluding hydrogens is 645 g/mol. The molecule has 0 saturated heterocycles. The molecule has 0 amide bonds. The van der Waals surface area contributed by atoms with E-state index >= 15 is 0 Å². The van der Waals surface area contributed by atoms with Crippen LogP contribution in [0, 0.1) is 62.3 Å². The minimum atomic E-state index is -3.05. The summed E-state index contributed by atoms with van der Waals surface area (Å²) in [4.78, 5) is 4.83. The zero-order valence-electron chi connectivity index (χ0n) is 32.8. The lowest BCUT2D eigenvalue weighted by Crippen LogP contribution is -2.56. The van der Waals surface area contributed by atoms with Crippen molar-refractivity contribution in [2.75, 3.05) is 29.6 Å². The highest BCUT2D eigenvalue weighted by molar-refractivity contribution is 6.75. The minimum absolute atomic E-state index is 0.522. The number of rotatable bonds is 13. The van der Waals surface area contributed by atoms with Gasteiger partial charge in [-0.05, 0) is 153 Å². The first kappa shape index (κ1) is 38.0. The van der Waals surface area contributed by atoms with E-state index in [0.717, 1.165) is 22.2 Å². The van der Waals surface area contributed by atoms with Crippen LogP contribution in [0.5, 0.6) is 0 Å². The Hall–Kier alpha value is -4.20. The van der Waals surface area contributed by atoms with Crippen LogP contribution in [0.1, 0.15) is 70.8 Å². The molecule has 5 rings (SSSR count). The molecule has 6 heteroatoms. The molecule has 0 spiro atoms. The van der Waals surface area contributed by atoms with Gasteiger partial charge in [0.25, 0.3) is 0 Å². The Morgan fingerprint density at radius 1 is 0.392 bits per heavy atom. The van der Waals surface area contributed by atoms with Gasteiger partial charge in [-0.15, -0.1) is 0 Å². The third-order valence-electron chi connectivity index (χ3n) is 9.43. The van der Waals surface area contributed by atoms with Crippen molar-refractivity contribution in [1.82, 2.24) is 0 Å². The largest absolute Gasteiger partial charge is 0.537 e. The van der Waals surface area contributed by atoms with Crippen molar-refractivity contribution in [2.45, 2.75) is 83.1 Å². The van der Waals surface area contributed by atoms with Crippen molar-refractivity contribution in [3.05, 3.63) is 135 Å². The zero-order valence-corrected chi connectivity index (χ0v) is 33.8. The molecule has 0 aliphatic rings. The van der Waals surface area contributed by atoms with Crippen LogP contribution >= 0.6 is 0 Å². The van der Waals surface area contributed by atoms with E-state index in [1.54, 1.807) is 0 Å². The van der Waals surface area contributed by atoms with Crippen LogP contribution in [0.2, 0.25) is 0 Å². The average molecular weight is 701 g/mol. The molecule has 5 aromatic carbocycles. The van der Waals surface area contributed by atoms with Crippen molar-refractivity contribution in [3.63, 3.8) is 0 Å². The van der Waals surface area contributed by atoms with Crippen LogP contribution in [0.3, 0.4) is 0 Å². The quantitative estimate of drug-likeness (QED) is 0.114. The van der Waals surface area contributed by atoms with Crippen LogP contribution in [0.25, 0.3) is 0 Å². The van der Waals surface area contributed by atoms with E-state index in [9.17, 15) is 0 Å². The number of benzene rings is 5. The highest BCUT2D eigenvalue weighted by atomic mass is 28.4. The Bertz CT molecular complexity index is 1840. The Balaban J connectivity index is 1.69. The van der Waals surface area contributed by atoms with Crippen LogP contribution in [-0.4, -0.2) is 28.6 Å². The fourth-order valence-electron chi connectivity index (χ4n) is 7.86. The smallest absolute Gasteiger partial charge is 0.370 e. The normalized spacial score (nSPS) is 11.6. The molecular formula is C45H56N2O3Si. The van der Waals surface area contributed by atoms with Crippen molar-refractivity contribution in [3.8, 4) is 0 Å². The molecule has 0 N–H and O–H groups in total. The molecule has 0 bridgehead atoms. The molecule has 0 aliphatic carbocycles. The number of aryl methyl sites for hydroxylation is 9. The van der Waals surface area contributed by atoms with Crippen molar-refractivity contribution in [1.29, 1.82) is 0 Å². The number of nitrogens with zero attached hydrogens (tertiary/aromatic N) is 2. The summed E-state index contributed by atoms with van der Waals surface area (Å²) in [6.07, 6.45) is 0. The van der Waals surface area contributed by atoms with Gasteiger partial charge in [0.05, 0.1) is 17.1 Å². The average Bonchev–Trinajstić information content (AvgIpc) is 3.05. The minimum Gasteiger partial charge on any atom is -0.370 e. The fraction of sp³-hybridized carbons (Fsp3) is 0.333. The maximum absolute atomic E-state index is 6.25. The van der Waals surface area contributed by atoms with Gasteiger partial charge in [-0.1, -0.05) is 65.2 Å². The van der Waals surface area contributed by atoms with Gasteiger partial charge in [0.15, 0.2) is 0 Å². The number of anilines is 6. The summed E-state index contributed by atoms with van der Waals surface area (Å²) < 4.78 is 18.7. The highest BCUT2D eigenvalue weighted by Gasteiger charge is 2.43. The van der Waals surface area contributed by atoms with E-state index < -0.39 is 8.80 Å². The summed E-state index contributed by atoms with van der Waals surface area (Å²) in [5, 5.41) is 0.966. The van der Waals surface area contributed by atoms with Gasteiger partial charge < -0.3 is 23.1 Å². The molecule has 0 aliphatic heterocycles. The van der Waals surface area contributed by atoms with Gasteiger partial charge in [-0.3, -0.25) is 0 Å². The SMILES string of the molecule is CCO[Si](OCC)(OCC)c1ccc(N(c2ccc(N(c3c(C)cc(C)cc3C)c3c(C)cc(C)cc3C)cc2)c2c(C)cc(C)cc2C)cc1. The van der Waals surface area contributed by atoms with E-state index in [0.29, 0.717) is 19.8 Å². The van der Waals surface area contributed by atoms with Crippen LogP contribution in [-0.2, 0) is 13.3 Å². The summed E-state index contributed by atoms with van der Waals surface area (Å²) in [5.74, 6) is 0. The van der Waals surface area contributed by atoms with E-state index in [1.165, 1.54) is 67.1 Å². The van der Waals surface area contributed by atoms with Gasteiger partial charge in [0.2, 0.25) is 0 Å². The number of hydrogen-bond acceptors (Lipinski definition) is 5. The summed E-state index contributed by atoms with van der Waals surface area (Å²) in [7, 11) is -3.05. The van der Waals surface area contributed by atoms with Crippen molar-refractivity contribution < 1.29 is 13.3 Å². The molecule has 0 heterocycles. The second kappa shape index (κ2) is 16.0.